The Morgan fingerprint density at radius 3 is 2.53 bits per heavy atom. The third-order valence-corrected chi connectivity index (χ3v) is 4.39. The van der Waals surface area contributed by atoms with Gasteiger partial charge in [0.2, 0.25) is 0 Å². The molecule has 1 spiro atoms. The van der Waals surface area contributed by atoms with Crippen molar-refractivity contribution in [3.8, 4) is 0 Å². The lowest BCUT2D eigenvalue weighted by Gasteiger charge is -2.42. The van der Waals surface area contributed by atoms with Gasteiger partial charge in [0.05, 0.1) is 0 Å². The van der Waals surface area contributed by atoms with E-state index in [1.54, 1.807) is 0 Å². The molecule has 0 aliphatic carbocycles. The van der Waals surface area contributed by atoms with Crippen LogP contribution in [0.15, 0.2) is 0 Å². The summed E-state index contributed by atoms with van der Waals surface area (Å²) in [5, 5.41) is 0. The molecule has 1 unspecified atom stereocenters. The van der Waals surface area contributed by atoms with Crippen LogP contribution in [-0.4, -0.2) is 48.6 Å². The smallest absolute Gasteiger partial charge is 0.00534 e. The fourth-order valence-electron chi connectivity index (χ4n) is 3.32. The molecular formula is C13H26N2. The fraction of sp³-hybridized carbons (Fsp3) is 1.00. The molecule has 2 nitrogen and oxygen atoms in total. The molecule has 88 valence electrons. The minimum Gasteiger partial charge on any atom is -0.303 e. The van der Waals surface area contributed by atoms with Crippen LogP contribution in [0.4, 0.5) is 0 Å². The summed E-state index contributed by atoms with van der Waals surface area (Å²) in [5.74, 6) is 0. The molecule has 2 aliphatic rings. The van der Waals surface area contributed by atoms with E-state index in [1.165, 1.54) is 52.0 Å². The maximum absolute atomic E-state index is 2.68. The molecule has 15 heavy (non-hydrogen) atoms. The Balaban J connectivity index is 1.97. The number of hydrogen-bond acceptors (Lipinski definition) is 2. The first-order valence-electron chi connectivity index (χ1n) is 6.62. The Labute approximate surface area is 94.6 Å². The average Bonchev–Trinajstić information content (AvgIpc) is 2.61. The largest absolute Gasteiger partial charge is 0.303 e. The zero-order valence-corrected chi connectivity index (χ0v) is 10.6. The monoisotopic (exact) mass is 210 g/mol. The first-order valence-corrected chi connectivity index (χ1v) is 6.62. The molecule has 0 aromatic heterocycles. The lowest BCUT2D eigenvalue weighted by atomic mass is 9.79. The topological polar surface area (TPSA) is 6.48 Å². The first kappa shape index (κ1) is 11.4. The van der Waals surface area contributed by atoms with E-state index in [1.807, 2.05) is 0 Å². The lowest BCUT2D eigenvalue weighted by molar-refractivity contribution is 0.0712. The summed E-state index contributed by atoms with van der Waals surface area (Å²) in [4.78, 5) is 5.31. The van der Waals surface area contributed by atoms with Crippen LogP contribution in [0.25, 0.3) is 0 Å². The van der Waals surface area contributed by atoms with E-state index < -0.39 is 0 Å². The van der Waals surface area contributed by atoms with Crippen molar-refractivity contribution in [2.75, 3.05) is 32.7 Å². The van der Waals surface area contributed by atoms with E-state index in [-0.39, 0.29) is 0 Å². The number of nitrogens with zero attached hydrogens (tertiary/aromatic N) is 2. The van der Waals surface area contributed by atoms with Crippen molar-refractivity contribution in [1.82, 2.24) is 9.80 Å². The van der Waals surface area contributed by atoms with Crippen molar-refractivity contribution in [2.24, 2.45) is 5.41 Å². The summed E-state index contributed by atoms with van der Waals surface area (Å²) in [6.07, 6.45) is 4.31. The van der Waals surface area contributed by atoms with E-state index in [2.05, 4.69) is 30.6 Å². The van der Waals surface area contributed by atoms with E-state index in [9.17, 15) is 0 Å². The van der Waals surface area contributed by atoms with Crippen molar-refractivity contribution in [3.63, 3.8) is 0 Å². The number of hydrogen-bond donors (Lipinski definition) is 0. The Kier molecular flexibility index (Phi) is 3.36. The number of rotatable bonds is 2. The van der Waals surface area contributed by atoms with E-state index in [4.69, 9.17) is 0 Å². The molecule has 2 heterocycles. The van der Waals surface area contributed by atoms with Gasteiger partial charge in [-0.3, -0.25) is 0 Å². The summed E-state index contributed by atoms with van der Waals surface area (Å²) in [6.45, 7) is 13.6. The van der Waals surface area contributed by atoms with Gasteiger partial charge in [-0.25, -0.2) is 0 Å². The molecule has 2 heteroatoms. The average molecular weight is 210 g/mol. The molecule has 2 saturated heterocycles. The van der Waals surface area contributed by atoms with Crippen LogP contribution in [0.3, 0.4) is 0 Å². The maximum atomic E-state index is 2.68. The van der Waals surface area contributed by atoms with Crippen LogP contribution in [0.1, 0.15) is 40.0 Å². The molecule has 0 radical (unpaired) electrons. The van der Waals surface area contributed by atoms with Crippen LogP contribution in [0.5, 0.6) is 0 Å². The van der Waals surface area contributed by atoms with Crippen LogP contribution < -0.4 is 0 Å². The van der Waals surface area contributed by atoms with Crippen LogP contribution in [0.2, 0.25) is 0 Å². The summed E-state index contributed by atoms with van der Waals surface area (Å²) < 4.78 is 0. The molecule has 1 atom stereocenters. The summed E-state index contributed by atoms with van der Waals surface area (Å²) >= 11 is 0. The second kappa shape index (κ2) is 4.42. The van der Waals surface area contributed by atoms with Crippen molar-refractivity contribution in [2.45, 2.75) is 46.1 Å². The lowest BCUT2D eigenvalue weighted by Crippen LogP contribution is -2.47. The predicted molar refractivity (Wildman–Crippen MR) is 65.1 cm³/mol. The minimum absolute atomic E-state index is 0.651. The minimum atomic E-state index is 0.651. The normalized spacial score (nSPS) is 34.4. The highest BCUT2D eigenvalue weighted by atomic mass is 15.2. The van der Waals surface area contributed by atoms with E-state index in [0.717, 1.165) is 6.04 Å². The molecule has 2 rings (SSSR count). The molecular weight excluding hydrogens is 184 g/mol. The fourth-order valence-corrected chi connectivity index (χ4v) is 3.32. The standard InChI is InChI=1S/C13H26N2/c1-4-14-9-7-13(10-14)6-5-8-15(11-13)12(2)3/h12H,4-11H2,1-3H3. The molecule has 0 aromatic carbocycles. The summed E-state index contributed by atoms with van der Waals surface area (Å²) in [6, 6.07) is 0.734. The molecule has 0 N–H and O–H groups in total. The van der Waals surface area contributed by atoms with Gasteiger partial charge >= 0.3 is 0 Å². The Bertz CT molecular complexity index is 215. The van der Waals surface area contributed by atoms with Gasteiger partial charge in [-0.05, 0) is 58.2 Å². The van der Waals surface area contributed by atoms with Gasteiger partial charge < -0.3 is 9.80 Å². The maximum Gasteiger partial charge on any atom is 0.00534 e. The molecule has 0 aromatic rings. The highest BCUT2D eigenvalue weighted by Crippen LogP contribution is 2.39. The summed E-state index contributed by atoms with van der Waals surface area (Å²) in [5.41, 5.74) is 0.651. The van der Waals surface area contributed by atoms with Gasteiger partial charge in [-0.1, -0.05) is 6.92 Å². The van der Waals surface area contributed by atoms with E-state index >= 15 is 0 Å². The molecule has 2 aliphatic heterocycles. The van der Waals surface area contributed by atoms with Gasteiger partial charge in [-0.15, -0.1) is 0 Å². The zero-order valence-electron chi connectivity index (χ0n) is 10.6. The number of likely N-dealkylation sites (tertiary alicyclic amines) is 2. The SMILES string of the molecule is CCN1CCC2(CCCN(C(C)C)C2)C1. The Hall–Kier alpha value is -0.0800. The molecule has 0 amide bonds. The highest BCUT2D eigenvalue weighted by Gasteiger charge is 2.40. The quantitative estimate of drug-likeness (QED) is 0.689. The Morgan fingerprint density at radius 1 is 1.13 bits per heavy atom. The van der Waals surface area contributed by atoms with E-state index in [0.29, 0.717) is 5.41 Å². The van der Waals surface area contributed by atoms with Crippen molar-refractivity contribution in [3.05, 3.63) is 0 Å². The van der Waals surface area contributed by atoms with Crippen LogP contribution in [-0.2, 0) is 0 Å². The van der Waals surface area contributed by atoms with Crippen molar-refractivity contribution < 1.29 is 0 Å². The third kappa shape index (κ3) is 2.36. The number of piperidine rings is 1. The van der Waals surface area contributed by atoms with Crippen molar-refractivity contribution >= 4 is 0 Å². The van der Waals surface area contributed by atoms with Gasteiger partial charge in [-0.2, -0.15) is 0 Å². The van der Waals surface area contributed by atoms with Gasteiger partial charge in [0, 0.05) is 19.1 Å². The predicted octanol–water partition coefficient (Wildman–Crippen LogP) is 2.20. The second-order valence-electron chi connectivity index (χ2n) is 5.79. The molecule has 2 fully saturated rings. The molecule has 0 saturated carbocycles. The van der Waals surface area contributed by atoms with Gasteiger partial charge in [0.15, 0.2) is 0 Å². The Morgan fingerprint density at radius 2 is 1.93 bits per heavy atom. The van der Waals surface area contributed by atoms with Gasteiger partial charge in [0.1, 0.15) is 0 Å². The third-order valence-electron chi connectivity index (χ3n) is 4.39. The second-order valence-corrected chi connectivity index (χ2v) is 5.79. The van der Waals surface area contributed by atoms with Crippen LogP contribution in [0, 0.1) is 5.41 Å². The first-order chi connectivity index (χ1) is 7.15. The zero-order chi connectivity index (χ0) is 10.9. The highest BCUT2D eigenvalue weighted by molar-refractivity contribution is 4.95. The van der Waals surface area contributed by atoms with Gasteiger partial charge in [0.25, 0.3) is 0 Å². The summed E-state index contributed by atoms with van der Waals surface area (Å²) in [7, 11) is 0. The molecule has 0 bridgehead atoms. The van der Waals surface area contributed by atoms with Crippen LogP contribution >= 0.6 is 0 Å². The van der Waals surface area contributed by atoms with Crippen molar-refractivity contribution in [1.29, 1.82) is 0 Å².